The number of carbonyl (C=O) groups excluding carboxylic acids is 3. The van der Waals surface area contributed by atoms with Crippen molar-refractivity contribution < 1.29 is 28.6 Å². The smallest absolute Gasteiger partial charge is 0.434 e. The van der Waals surface area contributed by atoms with Gasteiger partial charge in [0.1, 0.15) is 11.9 Å². The van der Waals surface area contributed by atoms with E-state index in [1.165, 1.54) is 0 Å². The second kappa shape index (κ2) is 8.85. The van der Waals surface area contributed by atoms with E-state index in [9.17, 15) is 14.4 Å². The minimum Gasteiger partial charge on any atom is -0.434 e. The van der Waals surface area contributed by atoms with Gasteiger partial charge in [0.2, 0.25) is 0 Å². The van der Waals surface area contributed by atoms with E-state index in [0.717, 1.165) is 12.8 Å². The monoisotopic (exact) mass is 376 g/mol. The van der Waals surface area contributed by atoms with Crippen molar-refractivity contribution in [3.05, 3.63) is 29.8 Å². The Balaban J connectivity index is 1.51. The molecule has 0 saturated carbocycles. The number of nitrogens with zero attached hydrogens (tertiary/aromatic N) is 2. The van der Waals surface area contributed by atoms with Gasteiger partial charge in [0, 0.05) is 38.3 Å². The molecule has 0 N–H and O–H groups in total. The van der Waals surface area contributed by atoms with Crippen LogP contribution < -0.4 is 4.74 Å². The zero-order valence-electron chi connectivity index (χ0n) is 15.4. The van der Waals surface area contributed by atoms with Gasteiger partial charge >= 0.3 is 6.16 Å². The van der Waals surface area contributed by atoms with Gasteiger partial charge < -0.3 is 24.0 Å². The summed E-state index contributed by atoms with van der Waals surface area (Å²) in [4.78, 5) is 39.8. The number of benzene rings is 1. The Morgan fingerprint density at radius 3 is 2.33 bits per heavy atom. The largest absolute Gasteiger partial charge is 0.513 e. The Morgan fingerprint density at radius 2 is 1.74 bits per heavy atom. The first-order chi connectivity index (χ1) is 13.1. The van der Waals surface area contributed by atoms with Gasteiger partial charge in [-0.1, -0.05) is 0 Å². The highest BCUT2D eigenvalue weighted by atomic mass is 16.7. The van der Waals surface area contributed by atoms with E-state index in [2.05, 4.69) is 0 Å². The maximum atomic E-state index is 12.6. The second-order valence-electron chi connectivity index (χ2n) is 6.43. The first kappa shape index (κ1) is 19.2. The van der Waals surface area contributed by atoms with E-state index in [1.807, 2.05) is 0 Å². The molecule has 8 heteroatoms. The summed E-state index contributed by atoms with van der Waals surface area (Å²) in [6.45, 7) is 4.55. The third-order valence-electron chi connectivity index (χ3n) is 4.65. The molecule has 2 aliphatic heterocycles. The van der Waals surface area contributed by atoms with E-state index in [4.69, 9.17) is 14.2 Å². The van der Waals surface area contributed by atoms with Gasteiger partial charge in [-0.15, -0.1) is 0 Å². The summed E-state index contributed by atoms with van der Waals surface area (Å²) < 4.78 is 15.1. The van der Waals surface area contributed by atoms with Gasteiger partial charge in [0.25, 0.3) is 11.8 Å². The number of hydrogen-bond donors (Lipinski definition) is 0. The van der Waals surface area contributed by atoms with E-state index < -0.39 is 6.16 Å². The van der Waals surface area contributed by atoms with Crippen molar-refractivity contribution in [3.63, 3.8) is 0 Å². The standard InChI is InChI=1S/C19H24N2O6/c1-2-25-19(24)27-15-7-5-14(6-8-15)17(22)20-9-11-21(12-10-20)18(23)16-4-3-13-26-16/h5-8,16H,2-4,9-13H2,1H3. The van der Waals surface area contributed by atoms with Crippen LogP contribution in [0.2, 0.25) is 0 Å². The van der Waals surface area contributed by atoms with Crippen molar-refractivity contribution in [2.75, 3.05) is 39.4 Å². The SMILES string of the molecule is CCOC(=O)Oc1ccc(C(=O)N2CCN(C(=O)C3CCCO3)CC2)cc1. The van der Waals surface area contributed by atoms with Crippen LogP contribution in [0.1, 0.15) is 30.1 Å². The highest BCUT2D eigenvalue weighted by Gasteiger charge is 2.31. The van der Waals surface area contributed by atoms with E-state index in [1.54, 1.807) is 41.0 Å². The van der Waals surface area contributed by atoms with E-state index in [-0.39, 0.29) is 24.5 Å². The number of ether oxygens (including phenoxy) is 3. The highest BCUT2D eigenvalue weighted by molar-refractivity contribution is 5.94. The van der Waals surface area contributed by atoms with Gasteiger partial charge in [-0.3, -0.25) is 9.59 Å². The predicted octanol–water partition coefficient (Wildman–Crippen LogP) is 1.69. The Kier molecular flexibility index (Phi) is 6.28. The second-order valence-corrected chi connectivity index (χ2v) is 6.43. The predicted molar refractivity (Wildman–Crippen MR) is 95.5 cm³/mol. The van der Waals surface area contributed by atoms with Crippen molar-refractivity contribution in [2.24, 2.45) is 0 Å². The Hall–Kier alpha value is -2.61. The minimum atomic E-state index is -0.774. The van der Waals surface area contributed by atoms with Gasteiger partial charge in [-0.25, -0.2) is 4.79 Å². The van der Waals surface area contributed by atoms with E-state index >= 15 is 0 Å². The average Bonchev–Trinajstić information content (AvgIpc) is 3.22. The van der Waals surface area contributed by atoms with E-state index in [0.29, 0.717) is 44.1 Å². The van der Waals surface area contributed by atoms with Crippen LogP contribution in [0, 0.1) is 0 Å². The molecule has 146 valence electrons. The summed E-state index contributed by atoms with van der Waals surface area (Å²) in [6, 6.07) is 6.34. The molecule has 0 bridgehead atoms. The molecule has 0 aromatic heterocycles. The summed E-state index contributed by atoms with van der Waals surface area (Å²) in [6.07, 6.45) is 0.603. The summed E-state index contributed by atoms with van der Waals surface area (Å²) in [5.41, 5.74) is 0.505. The molecule has 2 saturated heterocycles. The quantitative estimate of drug-likeness (QED) is 0.587. The number of carbonyl (C=O) groups is 3. The van der Waals surface area contributed by atoms with Crippen molar-refractivity contribution >= 4 is 18.0 Å². The average molecular weight is 376 g/mol. The molecule has 2 heterocycles. The first-order valence-electron chi connectivity index (χ1n) is 9.23. The van der Waals surface area contributed by atoms with Gasteiger partial charge in [0.05, 0.1) is 6.61 Å². The molecule has 8 nitrogen and oxygen atoms in total. The van der Waals surface area contributed by atoms with Crippen LogP contribution in [0.25, 0.3) is 0 Å². The van der Waals surface area contributed by atoms with Crippen molar-refractivity contribution in [1.29, 1.82) is 0 Å². The molecule has 1 unspecified atom stereocenters. The number of rotatable bonds is 4. The van der Waals surface area contributed by atoms with Crippen LogP contribution in [0.4, 0.5) is 4.79 Å². The minimum absolute atomic E-state index is 0.0278. The fraction of sp³-hybridized carbons (Fsp3) is 0.526. The number of hydrogen-bond acceptors (Lipinski definition) is 6. The van der Waals surface area contributed by atoms with Crippen LogP contribution in [0.15, 0.2) is 24.3 Å². The molecule has 27 heavy (non-hydrogen) atoms. The summed E-state index contributed by atoms with van der Waals surface area (Å²) in [7, 11) is 0. The molecule has 2 fully saturated rings. The van der Waals surface area contributed by atoms with Crippen molar-refractivity contribution in [2.45, 2.75) is 25.9 Å². The van der Waals surface area contributed by atoms with Gasteiger partial charge in [0.15, 0.2) is 0 Å². The molecule has 0 spiro atoms. The van der Waals surface area contributed by atoms with Crippen LogP contribution in [-0.2, 0) is 14.3 Å². The molecule has 0 radical (unpaired) electrons. The molecule has 1 aromatic carbocycles. The topological polar surface area (TPSA) is 85.4 Å². The lowest BCUT2D eigenvalue weighted by molar-refractivity contribution is -0.142. The maximum Gasteiger partial charge on any atom is 0.513 e. The Morgan fingerprint density at radius 1 is 1.07 bits per heavy atom. The van der Waals surface area contributed by atoms with Crippen LogP contribution >= 0.6 is 0 Å². The molecule has 1 aromatic rings. The normalized spacial score (nSPS) is 19.7. The zero-order valence-corrected chi connectivity index (χ0v) is 15.4. The third kappa shape index (κ3) is 4.77. The number of amides is 2. The molecule has 2 aliphatic rings. The lowest BCUT2D eigenvalue weighted by atomic mass is 10.1. The van der Waals surface area contributed by atoms with Gasteiger partial charge in [-0.05, 0) is 44.0 Å². The maximum absolute atomic E-state index is 12.6. The first-order valence-corrected chi connectivity index (χ1v) is 9.23. The lowest BCUT2D eigenvalue weighted by Crippen LogP contribution is -2.52. The van der Waals surface area contributed by atoms with Crippen molar-refractivity contribution in [3.8, 4) is 5.75 Å². The Labute approximate surface area is 158 Å². The van der Waals surface area contributed by atoms with Crippen LogP contribution in [0.3, 0.4) is 0 Å². The molecular formula is C19H24N2O6. The lowest BCUT2D eigenvalue weighted by Gasteiger charge is -2.35. The summed E-state index contributed by atoms with van der Waals surface area (Å²) in [5.74, 6) is 0.235. The molecule has 0 aliphatic carbocycles. The Bertz CT molecular complexity index is 676. The molecule has 2 amide bonds. The fourth-order valence-electron chi connectivity index (χ4n) is 3.20. The molecular weight excluding hydrogens is 352 g/mol. The third-order valence-corrected chi connectivity index (χ3v) is 4.65. The molecule has 1 atom stereocenters. The number of piperazine rings is 1. The zero-order chi connectivity index (χ0) is 19.2. The van der Waals surface area contributed by atoms with Crippen LogP contribution in [0.5, 0.6) is 5.75 Å². The van der Waals surface area contributed by atoms with Gasteiger partial charge in [-0.2, -0.15) is 0 Å². The van der Waals surface area contributed by atoms with Crippen molar-refractivity contribution in [1.82, 2.24) is 9.80 Å². The highest BCUT2D eigenvalue weighted by Crippen LogP contribution is 2.18. The summed E-state index contributed by atoms with van der Waals surface area (Å²) in [5, 5.41) is 0. The van der Waals surface area contributed by atoms with Crippen LogP contribution in [-0.4, -0.2) is 73.3 Å². The summed E-state index contributed by atoms with van der Waals surface area (Å²) >= 11 is 0. The fourth-order valence-corrected chi connectivity index (χ4v) is 3.20. The molecule has 3 rings (SSSR count).